The van der Waals surface area contributed by atoms with Crippen LogP contribution in [0.15, 0.2) is 75.8 Å². The number of hydrogen-bond donors (Lipinski definition) is 2. The first kappa shape index (κ1) is 23.9. The van der Waals surface area contributed by atoms with E-state index >= 15 is 0 Å². The minimum absolute atomic E-state index is 0.114. The molecule has 4 aromatic rings. The average molecular weight is 494 g/mol. The molecule has 0 radical (unpaired) electrons. The third-order valence-corrected chi connectivity index (χ3v) is 6.93. The van der Waals surface area contributed by atoms with E-state index < -0.39 is 20.6 Å². The van der Waals surface area contributed by atoms with Gasteiger partial charge in [-0.2, -0.15) is 0 Å². The van der Waals surface area contributed by atoms with Crippen molar-refractivity contribution in [3.05, 3.63) is 81.9 Å². The Labute approximate surface area is 201 Å². The van der Waals surface area contributed by atoms with Gasteiger partial charge >= 0.3 is 0 Å². The zero-order valence-corrected chi connectivity index (χ0v) is 20.1. The number of azo groups is 1. The van der Waals surface area contributed by atoms with E-state index in [0.717, 1.165) is 22.7 Å². The van der Waals surface area contributed by atoms with E-state index in [1.807, 2.05) is 32.0 Å². The number of nitro groups is 1. The van der Waals surface area contributed by atoms with Crippen LogP contribution in [-0.4, -0.2) is 23.0 Å². The monoisotopic (exact) mass is 493 g/mol. The van der Waals surface area contributed by atoms with Gasteiger partial charge in [-0.1, -0.05) is 35.9 Å². The number of hydrogen-bond acceptors (Lipinski definition) is 7. The zero-order valence-electron chi connectivity index (χ0n) is 19.3. The molecule has 0 unspecified atom stereocenters. The number of nitro benzene ring substituents is 1. The summed E-state index contributed by atoms with van der Waals surface area (Å²) in [5, 5.41) is 31.0. The quantitative estimate of drug-likeness (QED) is 0.182. The number of para-hydroxylation sites is 1. The summed E-state index contributed by atoms with van der Waals surface area (Å²) >= 11 is 0. The number of aromatic nitrogens is 1. The first-order valence-electron chi connectivity index (χ1n) is 10.7. The van der Waals surface area contributed by atoms with Crippen molar-refractivity contribution >= 4 is 43.7 Å². The molecule has 10 nitrogen and oxygen atoms in total. The Balaban J connectivity index is 1.72. The van der Waals surface area contributed by atoms with E-state index in [1.54, 1.807) is 35.8 Å². The first-order valence-corrected chi connectivity index (χ1v) is 12.2. The lowest BCUT2D eigenvalue weighted by Crippen LogP contribution is -2.14. The SMILES string of the molecule is CCn1c(O)c(N=Nc2ccc(S(=O)(=O)Nc3ccc(C)cc3C)cc2[N+](=O)[O-])c2ccccc21. The molecule has 0 saturated carbocycles. The lowest BCUT2D eigenvalue weighted by atomic mass is 10.1. The Hall–Kier alpha value is -4.25. The van der Waals surface area contributed by atoms with Gasteiger partial charge in [-0.25, -0.2) is 8.42 Å². The number of anilines is 1. The highest BCUT2D eigenvalue weighted by Crippen LogP contribution is 2.40. The number of sulfonamides is 1. The van der Waals surface area contributed by atoms with Gasteiger partial charge < -0.3 is 9.67 Å². The van der Waals surface area contributed by atoms with Crippen molar-refractivity contribution in [1.29, 1.82) is 0 Å². The van der Waals surface area contributed by atoms with Gasteiger partial charge in [0, 0.05) is 18.0 Å². The molecular weight excluding hydrogens is 470 g/mol. The summed E-state index contributed by atoms with van der Waals surface area (Å²) in [6.45, 7) is 6.01. The summed E-state index contributed by atoms with van der Waals surface area (Å²) in [4.78, 5) is 10.7. The second-order valence-electron chi connectivity index (χ2n) is 7.97. The maximum Gasteiger partial charge on any atom is 0.298 e. The van der Waals surface area contributed by atoms with Crippen molar-refractivity contribution in [1.82, 2.24) is 4.57 Å². The predicted octanol–water partition coefficient (Wildman–Crippen LogP) is 6.11. The highest BCUT2D eigenvalue weighted by Gasteiger charge is 2.23. The Morgan fingerprint density at radius 1 is 1.06 bits per heavy atom. The van der Waals surface area contributed by atoms with Crippen LogP contribution in [0.25, 0.3) is 10.9 Å². The van der Waals surface area contributed by atoms with Gasteiger partial charge in [0.25, 0.3) is 15.7 Å². The average Bonchev–Trinajstić information content (AvgIpc) is 3.09. The molecule has 3 aromatic carbocycles. The van der Waals surface area contributed by atoms with Crippen molar-refractivity contribution in [2.75, 3.05) is 4.72 Å². The summed E-state index contributed by atoms with van der Waals surface area (Å²) in [5.41, 5.74) is 2.32. The van der Waals surface area contributed by atoms with E-state index in [2.05, 4.69) is 15.0 Å². The van der Waals surface area contributed by atoms with Gasteiger partial charge in [-0.3, -0.25) is 14.8 Å². The molecule has 4 rings (SSSR count). The number of aryl methyl sites for hydroxylation is 3. The molecule has 0 spiro atoms. The molecular formula is C24H23N5O5S. The summed E-state index contributed by atoms with van der Waals surface area (Å²) < 4.78 is 29.9. The second kappa shape index (κ2) is 9.18. The number of fused-ring (bicyclic) bond motifs is 1. The van der Waals surface area contributed by atoms with Gasteiger partial charge in [0.1, 0.15) is 0 Å². The molecule has 0 bridgehead atoms. The number of nitrogens with one attached hydrogen (secondary N) is 1. The van der Waals surface area contributed by atoms with Crippen LogP contribution in [0.2, 0.25) is 0 Å². The normalized spacial score (nSPS) is 11.9. The predicted molar refractivity (Wildman–Crippen MR) is 133 cm³/mol. The van der Waals surface area contributed by atoms with Crippen LogP contribution < -0.4 is 4.72 Å². The van der Waals surface area contributed by atoms with E-state index in [9.17, 15) is 23.6 Å². The Morgan fingerprint density at radius 2 is 1.80 bits per heavy atom. The smallest absolute Gasteiger partial charge is 0.298 e. The molecule has 2 N–H and O–H groups in total. The van der Waals surface area contributed by atoms with Gasteiger partial charge in [0.2, 0.25) is 5.88 Å². The molecule has 0 aliphatic rings. The van der Waals surface area contributed by atoms with Crippen molar-refractivity contribution in [2.45, 2.75) is 32.2 Å². The van der Waals surface area contributed by atoms with Crippen molar-refractivity contribution in [2.24, 2.45) is 10.2 Å². The minimum atomic E-state index is -4.09. The van der Waals surface area contributed by atoms with Crippen molar-refractivity contribution in [3.8, 4) is 5.88 Å². The van der Waals surface area contributed by atoms with E-state index in [4.69, 9.17) is 0 Å². The zero-order chi connectivity index (χ0) is 25.3. The molecule has 180 valence electrons. The van der Waals surface area contributed by atoms with Crippen LogP contribution in [-0.2, 0) is 16.6 Å². The summed E-state index contributed by atoms with van der Waals surface area (Å²) in [7, 11) is -4.09. The molecule has 11 heteroatoms. The lowest BCUT2D eigenvalue weighted by molar-refractivity contribution is -0.384. The summed E-state index contributed by atoms with van der Waals surface area (Å²) in [5.74, 6) is -0.114. The molecule has 0 amide bonds. The lowest BCUT2D eigenvalue weighted by Gasteiger charge is -2.11. The third-order valence-electron chi connectivity index (χ3n) is 5.57. The van der Waals surface area contributed by atoms with Crippen LogP contribution >= 0.6 is 0 Å². The highest BCUT2D eigenvalue weighted by atomic mass is 32.2. The fraction of sp³-hybridized carbons (Fsp3) is 0.167. The fourth-order valence-electron chi connectivity index (χ4n) is 3.83. The number of rotatable bonds is 7. The van der Waals surface area contributed by atoms with Crippen LogP contribution in [0.3, 0.4) is 0 Å². The molecule has 0 aliphatic carbocycles. The summed E-state index contributed by atoms with van der Waals surface area (Å²) in [6.07, 6.45) is 0. The molecule has 1 aromatic heterocycles. The van der Waals surface area contributed by atoms with E-state index in [-0.39, 0.29) is 22.2 Å². The Bertz CT molecular complexity index is 1590. The largest absolute Gasteiger partial charge is 0.493 e. The third kappa shape index (κ3) is 4.58. The molecule has 0 atom stereocenters. The topological polar surface area (TPSA) is 139 Å². The van der Waals surface area contributed by atoms with E-state index in [0.29, 0.717) is 17.6 Å². The second-order valence-corrected chi connectivity index (χ2v) is 9.65. The summed E-state index contributed by atoms with van der Waals surface area (Å²) in [6, 6.07) is 15.8. The van der Waals surface area contributed by atoms with Crippen molar-refractivity contribution in [3.63, 3.8) is 0 Å². The Morgan fingerprint density at radius 3 is 2.49 bits per heavy atom. The molecule has 0 saturated heterocycles. The molecule has 35 heavy (non-hydrogen) atoms. The fourth-order valence-corrected chi connectivity index (χ4v) is 4.98. The van der Waals surface area contributed by atoms with Crippen LogP contribution in [0.5, 0.6) is 5.88 Å². The van der Waals surface area contributed by atoms with Crippen LogP contribution in [0, 0.1) is 24.0 Å². The van der Waals surface area contributed by atoms with Gasteiger partial charge in [0.15, 0.2) is 11.4 Å². The first-order chi connectivity index (χ1) is 16.6. The minimum Gasteiger partial charge on any atom is -0.493 e. The van der Waals surface area contributed by atoms with Crippen molar-refractivity contribution < 1.29 is 18.4 Å². The highest BCUT2D eigenvalue weighted by molar-refractivity contribution is 7.92. The number of aromatic hydroxyl groups is 1. The van der Waals surface area contributed by atoms with E-state index in [1.165, 1.54) is 12.1 Å². The number of benzene rings is 3. The molecule has 1 heterocycles. The Kier molecular flexibility index (Phi) is 6.27. The molecule has 0 fully saturated rings. The number of nitrogens with zero attached hydrogens (tertiary/aromatic N) is 4. The molecule has 0 aliphatic heterocycles. The van der Waals surface area contributed by atoms with Crippen LogP contribution in [0.4, 0.5) is 22.7 Å². The maximum absolute atomic E-state index is 12.9. The van der Waals surface area contributed by atoms with Crippen LogP contribution in [0.1, 0.15) is 18.1 Å². The van der Waals surface area contributed by atoms with Gasteiger partial charge in [0.05, 0.1) is 21.0 Å². The maximum atomic E-state index is 12.9. The standard InChI is InChI=1S/C24H23N5O5S/c1-4-28-21-8-6-5-7-18(21)23(24(28)30)26-25-20-12-10-17(14-22(20)29(31)32)35(33,34)27-19-11-9-15(2)13-16(19)3/h5-14,27,30H,4H2,1-3H3. The van der Waals surface area contributed by atoms with Gasteiger partial charge in [-0.15, -0.1) is 10.2 Å². The van der Waals surface area contributed by atoms with Gasteiger partial charge in [-0.05, 0) is 50.6 Å².